The molecule has 2 heterocycles. The highest BCUT2D eigenvalue weighted by atomic mass is 32.2. The second kappa shape index (κ2) is 10.5. The summed E-state index contributed by atoms with van der Waals surface area (Å²) in [7, 11) is -3.24. The third kappa shape index (κ3) is 7.89. The molecule has 11 heteroatoms. The van der Waals surface area contributed by atoms with Crippen molar-refractivity contribution in [1.82, 2.24) is 10.0 Å². The van der Waals surface area contributed by atoms with E-state index in [4.69, 9.17) is 4.74 Å². The van der Waals surface area contributed by atoms with Gasteiger partial charge in [-0.2, -0.15) is 11.3 Å². The average molecular weight is 445 g/mol. The summed E-state index contributed by atoms with van der Waals surface area (Å²) in [5, 5.41) is 6.10. The van der Waals surface area contributed by atoms with Crippen molar-refractivity contribution in [2.24, 2.45) is 0 Å². The summed E-state index contributed by atoms with van der Waals surface area (Å²) < 4.78 is 29.4. The Labute approximate surface area is 171 Å². The van der Waals surface area contributed by atoms with E-state index in [0.29, 0.717) is 16.9 Å². The molecule has 0 aliphatic carbocycles. The van der Waals surface area contributed by atoms with Crippen molar-refractivity contribution in [2.75, 3.05) is 26.0 Å². The highest BCUT2D eigenvalue weighted by molar-refractivity contribution is 7.88. The largest absolute Gasteiger partial charge is 0.457 e. The number of esters is 1. The fourth-order valence-corrected chi connectivity index (χ4v) is 4.13. The van der Waals surface area contributed by atoms with E-state index in [2.05, 4.69) is 10.0 Å². The first-order valence-corrected chi connectivity index (χ1v) is 11.9. The zero-order valence-electron chi connectivity index (χ0n) is 15.1. The molecule has 1 amide bonds. The fraction of sp³-hybridized carbons (Fsp3) is 0.353. The summed E-state index contributed by atoms with van der Waals surface area (Å²) >= 11 is 2.64. The van der Waals surface area contributed by atoms with Gasteiger partial charge in [-0.25, -0.2) is 13.1 Å². The molecule has 2 N–H and O–H groups in total. The first-order valence-electron chi connectivity index (χ1n) is 8.27. The number of hydrogen-bond donors (Lipinski definition) is 2. The van der Waals surface area contributed by atoms with Crippen LogP contribution in [0.15, 0.2) is 29.0 Å². The molecule has 0 radical (unpaired) electrons. The van der Waals surface area contributed by atoms with Gasteiger partial charge >= 0.3 is 5.97 Å². The summed E-state index contributed by atoms with van der Waals surface area (Å²) in [5.41, 5.74) is 0.536. The number of Topliss-reactive ketones (excluding diaryl/α,β-unsaturated/α-hetero) is 1. The summed E-state index contributed by atoms with van der Waals surface area (Å²) in [6.45, 7) is -0.00386. The van der Waals surface area contributed by atoms with Crippen LogP contribution in [0.25, 0.3) is 0 Å². The molecule has 0 bridgehead atoms. The van der Waals surface area contributed by atoms with Crippen LogP contribution < -0.4 is 10.0 Å². The minimum absolute atomic E-state index is 0.0317. The molecule has 2 aromatic rings. The van der Waals surface area contributed by atoms with Crippen LogP contribution in [0.4, 0.5) is 0 Å². The van der Waals surface area contributed by atoms with Gasteiger partial charge in [0.1, 0.15) is 0 Å². The Kier molecular flexibility index (Phi) is 8.30. The van der Waals surface area contributed by atoms with Gasteiger partial charge in [-0.3, -0.25) is 14.4 Å². The molecule has 0 aromatic carbocycles. The van der Waals surface area contributed by atoms with Crippen molar-refractivity contribution in [2.45, 2.75) is 12.8 Å². The third-order valence-electron chi connectivity index (χ3n) is 3.43. The zero-order chi connectivity index (χ0) is 20.6. The third-order valence-corrected chi connectivity index (χ3v) is 6.03. The summed E-state index contributed by atoms with van der Waals surface area (Å²) in [6, 6.07) is 5.05. The van der Waals surface area contributed by atoms with Crippen LogP contribution in [0.5, 0.6) is 0 Å². The minimum atomic E-state index is -3.24. The predicted molar refractivity (Wildman–Crippen MR) is 107 cm³/mol. The van der Waals surface area contributed by atoms with Crippen molar-refractivity contribution < 1.29 is 27.5 Å². The van der Waals surface area contributed by atoms with Gasteiger partial charge in [-0.15, -0.1) is 11.3 Å². The maximum Gasteiger partial charge on any atom is 0.308 e. The van der Waals surface area contributed by atoms with Crippen molar-refractivity contribution in [3.8, 4) is 0 Å². The van der Waals surface area contributed by atoms with Crippen molar-refractivity contribution in [3.63, 3.8) is 0 Å². The van der Waals surface area contributed by atoms with Crippen LogP contribution in [-0.4, -0.2) is 52.0 Å². The number of thiophene rings is 2. The smallest absolute Gasteiger partial charge is 0.308 e. The van der Waals surface area contributed by atoms with E-state index in [9.17, 15) is 22.8 Å². The highest BCUT2D eigenvalue weighted by Crippen LogP contribution is 2.17. The standard InChI is InChI=1S/C17H20N2O6S3/c1-28(23,24)19-8-4-13-2-3-15(27-13)14(20)10-25-16(21)5-7-18-17(22)12-6-9-26-11-12/h2-3,6,9,11,19H,4-5,7-8,10H2,1H3,(H,18,22). The van der Waals surface area contributed by atoms with Gasteiger partial charge in [0.05, 0.1) is 17.6 Å². The average Bonchev–Trinajstić information content (AvgIpc) is 3.30. The molecule has 2 aromatic heterocycles. The topological polar surface area (TPSA) is 119 Å². The Hall–Kier alpha value is -2.08. The number of carbonyl (C=O) groups excluding carboxylic acids is 3. The Bertz CT molecular complexity index is 919. The van der Waals surface area contributed by atoms with E-state index >= 15 is 0 Å². The van der Waals surface area contributed by atoms with Gasteiger partial charge in [-0.1, -0.05) is 0 Å². The van der Waals surface area contributed by atoms with Crippen LogP contribution in [0.3, 0.4) is 0 Å². The SMILES string of the molecule is CS(=O)(=O)NCCc1ccc(C(=O)COC(=O)CCNC(=O)c2ccsc2)s1. The Morgan fingerprint density at radius 1 is 1.14 bits per heavy atom. The van der Waals surface area contributed by atoms with Gasteiger partial charge in [0.2, 0.25) is 15.8 Å². The number of nitrogens with one attached hydrogen (secondary N) is 2. The van der Waals surface area contributed by atoms with Crippen LogP contribution in [0.1, 0.15) is 31.3 Å². The summed E-state index contributed by atoms with van der Waals surface area (Å²) in [6.07, 6.45) is 1.52. The van der Waals surface area contributed by atoms with E-state index in [0.717, 1.165) is 11.1 Å². The number of ketones is 1. The molecule has 0 atom stereocenters. The lowest BCUT2D eigenvalue weighted by molar-refractivity contribution is -0.142. The Balaban J connectivity index is 1.67. The molecule has 152 valence electrons. The lowest BCUT2D eigenvalue weighted by atomic mass is 10.3. The number of ether oxygens (including phenoxy) is 1. The van der Waals surface area contributed by atoms with Gasteiger partial charge in [0, 0.05) is 28.9 Å². The fourth-order valence-electron chi connectivity index (χ4n) is 2.08. The monoisotopic (exact) mass is 444 g/mol. The Morgan fingerprint density at radius 2 is 1.93 bits per heavy atom. The molecule has 8 nitrogen and oxygen atoms in total. The van der Waals surface area contributed by atoms with Crippen LogP contribution in [-0.2, 0) is 26.0 Å². The molecule has 0 aliphatic heterocycles. The van der Waals surface area contributed by atoms with Crippen LogP contribution in [0, 0.1) is 0 Å². The zero-order valence-corrected chi connectivity index (χ0v) is 17.5. The van der Waals surface area contributed by atoms with Crippen molar-refractivity contribution >= 4 is 50.4 Å². The van der Waals surface area contributed by atoms with E-state index in [1.807, 2.05) is 0 Å². The predicted octanol–water partition coefficient (Wildman–Crippen LogP) is 1.45. The van der Waals surface area contributed by atoms with Crippen LogP contribution >= 0.6 is 22.7 Å². The molecule has 0 fully saturated rings. The van der Waals surface area contributed by atoms with Crippen LogP contribution in [0.2, 0.25) is 0 Å². The van der Waals surface area contributed by atoms with Crippen molar-refractivity contribution in [3.05, 3.63) is 44.3 Å². The van der Waals surface area contributed by atoms with Gasteiger partial charge in [0.15, 0.2) is 6.61 Å². The first-order chi connectivity index (χ1) is 13.2. The van der Waals surface area contributed by atoms with E-state index < -0.39 is 16.0 Å². The molecule has 0 spiro atoms. The van der Waals surface area contributed by atoms with E-state index in [1.165, 1.54) is 22.7 Å². The lowest BCUT2D eigenvalue weighted by Crippen LogP contribution is -2.26. The highest BCUT2D eigenvalue weighted by Gasteiger charge is 2.13. The number of sulfonamides is 1. The molecular weight excluding hydrogens is 424 g/mol. The normalized spacial score (nSPS) is 11.2. The second-order valence-electron chi connectivity index (χ2n) is 5.78. The van der Waals surface area contributed by atoms with E-state index in [1.54, 1.807) is 29.0 Å². The van der Waals surface area contributed by atoms with E-state index in [-0.39, 0.29) is 37.8 Å². The maximum absolute atomic E-state index is 12.1. The van der Waals surface area contributed by atoms with Gasteiger partial charge in [-0.05, 0) is 30.0 Å². The lowest BCUT2D eigenvalue weighted by Gasteiger charge is -2.05. The first kappa shape index (κ1) is 22.2. The molecule has 0 saturated carbocycles. The number of amides is 1. The van der Waals surface area contributed by atoms with Gasteiger partial charge in [0.25, 0.3) is 5.91 Å². The second-order valence-corrected chi connectivity index (χ2v) is 9.57. The summed E-state index contributed by atoms with van der Waals surface area (Å²) in [4.78, 5) is 36.8. The quantitative estimate of drug-likeness (QED) is 0.400. The number of carbonyl (C=O) groups is 3. The van der Waals surface area contributed by atoms with Crippen molar-refractivity contribution in [1.29, 1.82) is 0 Å². The molecule has 28 heavy (non-hydrogen) atoms. The molecular formula is C17H20N2O6S3. The Morgan fingerprint density at radius 3 is 2.61 bits per heavy atom. The number of hydrogen-bond acceptors (Lipinski definition) is 8. The number of rotatable bonds is 11. The molecule has 0 aliphatic rings. The summed E-state index contributed by atoms with van der Waals surface area (Å²) in [5.74, 6) is -1.17. The van der Waals surface area contributed by atoms with Gasteiger partial charge < -0.3 is 10.1 Å². The maximum atomic E-state index is 12.1. The minimum Gasteiger partial charge on any atom is -0.457 e. The molecule has 2 rings (SSSR count). The molecule has 0 saturated heterocycles. The molecule has 0 unspecified atom stereocenters.